The zero-order chi connectivity index (χ0) is 15.8. The van der Waals surface area contributed by atoms with Crippen LogP contribution in [0, 0.1) is 5.41 Å². The molecule has 1 N–H and O–H groups in total. The zero-order valence-electron chi connectivity index (χ0n) is 14.3. The fourth-order valence-corrected chi connectivity index (χ4v) is 1.92. The normalized spacial score (nSPS) is 15.2. The summed E-state index contributed by atoms with van der Waals surface area (Å²) in [5, 5.41) is 3.29. The maximum Gasteiger partial charge on any atom is 0.326 e. The standard InChI is InChI=1S/C16H33NO3/c1-8-20-14(18)16(7,17-13(2)3)10-12-19-11-9-15(4,5)6/h13,17H,8-12H2,1-7H3. The lowest BCUT2D eigenvalue weighted by Crippen LogP contribution is -2.53. The molecule has 0 aromatic carbocycles. The van der Waals surface area contributed by atoms with E-state index in [-0.39, 0.29) is 17.4 Å². The maximum absolute atomic E-state index is 12.1. The highest BCUT2D eigenvalue weighted by Gasteiger charge is 2.34. The molecule has 0 fully saturated rings. The first kappa shape index (κ1) is 19.4. The second kappa shape index (κ2) is 8.63. The van der Waals surface area contributed by atoms with E-state index in [1.54, 1.807) is 0 Å². The number of hydrogen-bond donors (Lipinski definition) is 1. The second-order valence-corrected chi connectivity index (χ2v) is 7.02. The SMILES string of the molecule is CCOC(=O)C(C)(CCOCCC(C)(C)C)NC(C)C. The third kappa shape index (κ3) is 8.54. The van der Waals surface area contributed by atoms with Crippen LogP contribution < -0.4 is 5.32 Å². The van der Waals surface area contributed by atoms with Crippen molar-refractivity contribution in [2.75, 3.05) is 19.8 Å². The molecular weight excluding hydrogens is 254 g/mol. The van der Waals surface area contributed by atoms with Crippen molar-refractivity contribution in [1.82, 2.24) is 5.32 Å². The number of ether oxygens (including phenoxy) is 2. The number of carbonyl (C=O) groups is 1. The summed E-state index contributed by atoms with van der Waals surface area (Å²) in [5.74, 6) is -0.201. The summed E-state index contributed by atoms with van der Waals surface area (Å²) in [6.07, 6.45) is 1.63. The summed E-state index contributed by atoms with van der Waals surface area (Å²) in [5.41, 5.74) is -0.396. The predicted octanol–water partition coefficient (Wildman–Crippen LogP) is 3.15. The van der Waals surface area contributed by atoms with E-state index in [1.165, 1.54) is 0 Å². The van der Waals surface area contributed by atoms with Crippen molar-refractivity contribution in [2.45, 2.75) is 72.9 Å². The van der Waals surface area contributed by atoms with E-state index in [2.05, 4.69) is 26.1 Å². The largest absolute Gasteiger partial charge is 0.465 e. The monoisotopic (exact) mass is 287 g/mol. The van der Waals surface area contributed by atoms with Crippen molar-refractivity contribution < 1.29 is 14.3 Å². The van der Waals surface area contributed by atoms with Gasteiger partial charge in [-0.15, -0.1) is 0 Å². The molecule has 0 aliphatic heterocycles. The fraction of sp³-hybridized carbons (Fsp3) is 0.938. The molecule has 0 saturated carbocycles. The summed E-state index contributed by atoms with van der Waals surface area (Å²) >= 11 is 0. The maximum atomic E-state index is 12.1. The Morgan fingerprint density at radius 2 is 1.65 bits per heavy atom. The third-order valence-electron chi connectivity index (χ3n) is 3.08. The number of nitrogens with one attached hydrogen (secondary N) is 1. The molecule has 0 heterocycles. The lowest BCUT2D eigenvalue weighted by Gasteiger charge is -2.30. The molecule has 20 heavy (non-hydrogen) atoms. The van der Waals surface area contributed by atoms with Gasteiger partial charge in [0, 0.05) is 19.3 Å². The van der Waals surface area contributed by atoms with Gasteiger partial charge in [0.05, 0.1) is 6.61 Å². The van der Waals surface area contributed by atoms with Crippen LogP contribution in [-0.2, 0) is 14.3 Å². The zero-order valence-corrected chi connectivity index (χ0v) is 14.3. The molecule has 0 spiro atoms. The molecule has 1 unspecified atom stereocenters. The van der Waals surface area contributed by atoms with E-state index in [4.69, 9.17) is 9.47 Å². The lowest BCUT2D eigenvalue weighted by molar-refractivity contribution is -0.151. The number of carbonyl (C=O) groups excluding carboxylic acids is 1. The first-order chi connectivity index (χ1) is 9.10. The van der Waals surface area contributed by atoms with Gasteiger partial charge in [-0.25, -0.2) is 0 Å². The van der Waals surface area contributed by atoms with Gasteiger partial charge in [0.15, 0.2) is 0 Å². The number of esters is 1. The Morgan fingerprint density at radius 1 is 1.10 bits per heavy atom. The Bertz CT molecular complexity index is 284. The summed E-state index contributed by atoms with van der Waals surface area (Å²) in [4.78, 5) is 12.1. The lowest BCUT2D eigenvalue weighted by atomic mass is 9.93. The van der Waals surface area contributed by atoms with Gasteiger partial charge >= 0.3 is 5.97 Å². The molecule has 0 bridgehead atoms. The Morgan fingerprint density at radius 3 is 2.10 bits per heavy atom. The van der Waals surface area contributed by atoms with Gasteiger partial charge in [-0.05, 0) is 46.0 Å². The predicted molar refractivity (Wildman–Crippen MR) is 82.8 cm³/mol. The van der Waals surface area contributed by atoms with E-state index in [0.717, 1.165) is 13.0 Å². The van der Waals surface area contributed by atoms with Crippen LogP contribution in [-0.4, -0.2) is 37.4 Å². The molecule has 0 aromatic rings. The topological polar surface area (TPSA) is 47.6 Å². The van der Waals surface area contributed by atoms with Crippen molar-refractivity contribution in [1.29, 1.82) is 0 Å². The molecule has 0 radical (unpaired) electrons. The Labute approximate surface area is 124 Å². The van der Waals surface area contributed by atoms with Crippen LogP contribution in [0.5, 0.6) is 0 Å². The molecule has 0 saturated heterocycles. The van der Waals surface area contributed by atoms with Crippen LogP contribution in [0.3, 0.4) is 0 Å². The van der Waals surface area contributed by atoms with E-state index >= 15 is 0 Å². The quantitative estimate of drug-likeness (QED) is 0.523. The van der Waals surface area contributed by atoms with Crippen molar-refractivity contribution in [3.63, 3.8) is 0 Å². The van der Waals surface area contributed by atoms with Gasteiger partial charge in [-0.1, -0.05) is 20.8 Å². The summed E-state index contributed by atoms with van der Waals surface area (Å²) in [7, 11) is 0. The molecular formula is C16H33NO3. The van der Waals surface area contributed by atoms with Crippen molar-refractivity contribution in [3.8, 4) is 0 Å². The average molecular weight is 287 g/mol. The minimum atomic E-state index is -0.675. The third-order valence-corrected chi connectivity index (χ3v) is 3.08. The van der Waals surface area contributed by atoms with Gasteiger partial charge in [0.1, 0.15) is 5.54 Å². The summed E-state index contributed by atoms with van der Waals surface area (Å²) < 4.78 is 10.8. The first-order valence-corrected chi connectivity index (χ1v) is 7.63. The number of rotatable bonds is 9. The fourth-order valence-electron chi connectivity index (χ4n) is 1.92. The van der Waals surface area contributed by atoms with Crippen LogP contribution in [0.4, 0.5) is 0 Å². The van der Waals surface area contributed by atoms with Crippen molar-refractivity contribution in [2.24, 2.45) is 5.41 Å². The number of hydrogen-bond acceptors (Lipinski definition) is 4. The highest BCUT2D eigenvalue weighted by molar-refractivity contribution is 5.80. The Balaban J connectivity index is 4.27. The molecule has 0 aliphatic carbocycles. The molecule has 1 atom stereocenters. The van der Waals surface area contributed by atoms with Crippen molar-refractivity contribution >= 4 is 5.97 Å². The van der Waals surface area contributed by atoms with Crippen molar-refractivity contribution in [3.05, 3.63) is 0 Å². The molecule has 4 heteroatoms. The second-order valence-electron chi connectivity index (χ2n) is 7.02. The van der Waals surface area contributed by atoms with E-state index < -0.39 is 5.54 Å². The van der Waals surface area contributed by atoms with Gasteiger partial charge in [0.2, 0.25) is 0 Å². The Kier molecular flexibility index (Phi) is 8.36. The molecule has 120 valence electrons. The van der Waals surface area contributed by atoms with E-state index in [1.807, 2.05) is 27.7 Å². The van der Waals surface area contributed by atoms with E-state index in [0.29, 0.717) is 19.6 Å². The molecule has 0 amide bonds. The summed E-state index contributed by atoms with van der Waals surface area (Å²) in [6, 6.07) is 0.221. The van der Waals surface area contributed by atoms with Gasteiger partial charge < -0.3 is 9.47 Å². The molecule has 4 nitrogen and oxygen atoms in total. The summed E-state index contributed by atoms with van der Waals surface area (Å²) in [6.45, 7) is 16.0. The molecule has 0 rings (SSSR count). The van der Waals surface area contributed by atoms with E-state index in [9.17, 15) is 4.79 Å². The Hall–Kier alpha value is -0.610. The minimum absolute atomic E-state index is 0.201. The average Bonchev–Trinajstić information content (AvgIpc) is 2.26. The van der Waals surface area contributed by atoms with Gasteiger partial charge in [-0.2, -0.15) is 0 Å². The van der Waals surface area contributed by atoms with Crippen LogP contribution >= 0.6 is 0 Å². The highest BCUT2D eigenvalue weighted by atomic mass is 16.5. The molecule has 0 aromatic heterocycles. The first-order valence-electron chi connectivity index (χ1n) is 7.63. The van der Waals surface area contributed by atoms with Crippen LogP contribution in [0.15, 0.2) is 0 Å². The van der Waals surface area contributed by atoms with Crippen LogP contribution in [0.25, 0.3) is 0 Å². The van der Waals surface area contributed by atoms with Gasteiger partial charge in [0.25, 0.3) is 0 Å². The minimum Gasteiger partial charge on any atom is -0.465 e. The highest BCUT2D eigenvalue weighted by Crippen LogP contribution is 2.19. The van der Waals surface area contributed by atoms with Gasteiger partial charge in [-0.3, -0.25) is 10.1 Å². The molecule has 0 aliphatic rings. The van der Waals surface area contributed by atoms with Crippen LogP contribution in [0.1, 0.15) is 61.3 Å². The smallest absolute Gasteiger partial charge is 0.326 e. The van der Waals surface area contributed by atoms with Crippen LogP contribution in [0.2, 0.25) is 0 Å².